The van der Waals surface area contributed by atoms with Gasteiger partial charge in [0.15, 0.2) is 5.82 Å². The number of carbonyl (C=O) groups excluding carboxylic acids is 2. The van der Waals surface area contributed by atoms with Crippen LogP contribution in [0, 0.1) is 11.7 Å². The lowest BCUT2D eigenvalue weighted by Gasteiger charge is -2.35. The molecule has 3 aromatic carbocycles. The first-order valence-electron chi connectivity index (χ1n) is 15.0. The van der Waals surface area contributed by atoms with Crippen LogP contribution < -0.4 is 10.1 Å². The van der Waals surface area contributed by atoms with E-state index in [1.54, 1.807) is 31.7 Å². The highest BCUT2D eigenvalue weighted by Gasteiger charge is 2.33. The lowest BCUT2D eigenvalue weighted by Crippen LogP contribution is -2.44. The molecule has 0 heterocycles. The van der Waals surface area contributed by atoms with Gasteiger partial charge in [-0.05, 0) is 80.7 Å². The molecule has 0 radical (unpaired) electrons. The Balaban J connectivity index is 1.60. The molecular formula is C35H43FN2O5. The summed E-state index contributed by atoms with van der Waals surface area (Å²) in [6.07, 6.45) is 1.11. The Bertz CT molecular complexity index is 1370. The van der Waals surface area contributed by atoms with E-state index in [4.69, 9.17) is 14.2 Å². The van der Waals surface area contributed by atoms with E-state index in [2.05, 4.69) is 19.2 Å². The fourth-order valence-electron chi connectivity index (χ4n) is 5.08. The van der Waals surface area contributed by atoms with Crippen molar-refractivity contribution in [3.05, 3.63) is 94.8 Å². The normalized spacial score (nSPS) is 14.5. The van der Waals surface area contributed by atoms with Gasteiger partial charge in [-0.1, -0.05) is 74.5 Å². The topological polar surface area (TPSA) is 77.1 Å². The fraction of sp³-hybridized carbons (Fsp3) is 0.429. The number of benzene rings is 3. The Labute approximate surface area is 254 Å². The second-order valence-corrected chi connectivity index (χ2v) is 12.4. The minimum atomic E-state index is -0.772. The number of halogens is 1. The Morgan fingerprint density at radius 3 is 2.23 bits per heavy atom. The van der Waals surface area contributed by atoms with E-state index in [0.29, 0.717) is 37.3 Å². The molecule has 0 unspecified atom stereocenters. The van der Waals surface area contributed by atoms with Crippen LogP contribution in [-0.2, 0) is 35.5 Å². The van der Waals surface area contributed by atoms with E-state index in [-0.39, 0.29) is 30.7 Å². The van der Waals surface area contributed by atoms with Gasteiger partial charge in [0.05, 0.1) is 0 Å². The number of hydrogen-bond acceptors (Lipinski definition) is 5. The van der Waals surface area contributed by atoms with Crippen molar-refractivity contribution >= 4 is 17.9 Å². The predicted octanol–water partition coefficient (Wildman–Crippen LogP) is 8.29. The molecule has 4 rings (SSSR count). The second kappa shape index (κ2) is 14.4. The van der Waals surface area contributed by atoms with Gasteiger partial charge in [-0.3, -0.25) is 5.32 Å². The van der Waals surface area contributed by atoms with Gasteiger partial charge in [-0.25, -0.2) is 14.0 Å². The van der Waals surface area contributed by atoms with E-state index < -0.39 is 23.6 Å². The number of nitrogens with one attached hydrogen (secondary N) is 1. The van der Waals surface area contributed by atoms with Crippen molar-refractivity contribution in [2.24, 2.45) is 5.92 Å². The quantitative estimate of drug-likeness (QED) is 0.257. The lowest BCUT2D eigenvalue weighted by molar-refractivity contribution is 0.0634. The third-order valence-electron chi connectivity index (χ3n) is 7.30. The summed E-state index contributed by atoms with van der Waals surface area (Å²) in [5.74, 6) is 0.0481. The number of fused-ring (bicyclic) bond motifs is 1. The van der Waals surface area contributed by atoms with Crippen LogP contribution in [-0.4, -0.2) is 35.3 Å². The first kappa shape index (κ1) is 31.9. The van der Waals surface area contributed by atoms with Crippen molar-refractivity contribution in [2.45, 2.75) is 85.2 Å². The molecule has 0 aromatic heterocycles. The monoisotopic (exact) mass is 590 g/mol. The average Bonchev–Trinajstić information content (AvgIpc) is 2.97. The van der Waals surface area contributed by atoms with Gasteiger partial charge in [-0.15, -0.1) is 0 Å². The van der Waals surface area contributed by atoms with Crippen LogP contribution >= 0.6 is 0 Å². The summed E-state index contributed by atoms with van der Waals surface area (Å²) < 4.78 is 33.6. The molecule has 0 saturated heterocycles. The molecule has 0 bridgehead atoms. The van der Waals surface area contributed by atoms with Crippen LogP contribution in [0.25, 0.3) is 0 Å². The van der Waals surface area contributed by atoms with E-state index in [1.807, 2.05) is 60.7 Å². The molecule has 0 saturated carbocycles. The van der Waals surface area contributed by atoms with Crippen molar-refractivity contribution < 1.29 is 28.2 Å². The molecule has 3 aromatic rings. The Hall–Kier alpha value is -4.07. The number of carbonyl (C=O) groups is 2. The fourth-order valence-corrected chi connectivity index (χ4v) is 5.08. The third-order valence-corrected chi connectivity index (χ3v) is 7.30. The molecule has 2 amide bonds. The van der Waals surface area contributed by atoms with Crippen LogP contribution in [0.1, 0.15) is 69.7 Å². The van der Waals surface area contributed by atoms with E-state index in [1.165, 1.54) is 0 Å². The average molecular weight is 591 g/mol. The molecule has 1 atom stereocenters. The summed E-state index contributed by atoms with van der Waals surface area (Å²) in [5.41, 5.74) is 2.25. The van der Waals surface area contributed by atoms with Crippen molar-refractivity contribution in [3.8, 4) is 5.75 Å². The number of ether oxygens (including phenoxy) is 3. The van der Waals surface area contributed by atoms with E-state index in [0.717, 1.165) is 23.1 Å². The minimum absolute atomic E-state index is 0.0648. The molecular weight excluding hydrogens is 547 g/mol. The molecule has 0 spiro atoms. The first-order valence-corrected chi connectivity index (χ1v) is 15.0. The largest absolute Gasteiger partial charge is 0.487 e. The van der Waals surface area contributed by atoms with Gasteiger partial charge in [0.25, 0.3) is 0 Å². The van der Waals surface area contributed by atoms with Crippen molar-refractivity contribution in [1.82, 2.24) is 4.90 Å². The molecule has 7 nitrogen and oxygen atoms in total. The highest BCUT2D eigenvalue weighted by Crippen LogP contribution is 2.38. The van der Waals surface area contributed by atoms with Crippen molar-refractivity contribution in [3.63, 3.8) is 0 Å². The predicted molar refractivity (Wildman–Crippen MR) is 166 cm³/mol. The maximum absolute atomic E-state index is 16.4. The summed E-state index contributed by atoms with van der Waals surface area (Å²) in [6, 6.07) is 20.7. The van der Waals surface area contributed by atoms with Crippen LogP contribution in [0.4, 0.5) is 19.7 Å². The molecule has 0 fully saturated rings. The Morgan fingerprint density at radius 2 is 1.63 bits per heavy atom. The van der Waals surface area contributed by atoms with Crippen LogP contribution in [0.15, 0.2) is 66.7 Å². The summed E-state index contributed by atoms with van der Waals surface area (Å²) in [6.45, 7) is 10.3. The number of anilines is 1. The SMILES string of the molecule is CC(C)CCN(C(=O)OCc1ccccc1)[C@@H]1CCc2cc(OCc3ccccc3)c(NC(=O)OC(C)(C)C)c(F)c2C1. The highest BCUT2D eigenvalue weighted by molar-refractivity contribution is 5.87. The molecule has 43 heavy (non-hydrogen) atoms. The molecule has 8 heteroatoms. The number of rotatable bonds is 10. The summed E-state index contributed by atoms with van der Waals surface area (Å²) in [5, 5.41) is 2.60. The van der Waals surface area contributed by atoms with E-state index in [9.17, 15) is 9.59 Å². The summed E-state index contributed by atoms with van der Waals surface area (Å²) in [7, 11) is 0. The second-order valence-electron chi connectivity index (χ2n) is 12.4. The van der Waals surface area contributed by atoms with E-state index >= 15 is 4.39 Å². The first-order chi connectivity index (χ1) is 20.5. The van der Waals surface area contributed by atoms with Crippen LogP contribution in [0.5, 0.6) is 5.75 Å². The molecule has 1 aliphatic carbocycles. The van der Waals surface area contributed by atoms with Gasteiger partial charge in [0, 0.05) is 12.6 Å². The van der Waals surface area contributed by atoms with Gasteiger partial charge in [0.2, 0.25) is 0 Å². The number of nitrogens with zero attached hydrogens (tertiary/aromatic N) is 1. The summed E-state index contributed by atoms with van der Waals surface area (Å²) >= 11 is 0. The zero-order chi connectivity index (χ0) is 31.0. The highest BCUT2D eigenvalue weighted by atomic mass is 19.1. The zero-order valence-corrected chi connectivity index (χ0v) is 25.8. The van der Waals surface area contributed by atoms with Crippen LogP contribution in [0.2, 0.25) is 0 Å². The lowest BCUT2D eigenvalue weighted by atomic mass is 9.86. The van der Waals surface area contributed by atoms with Gasteiger partial charge in [0.1, 0.15) is 30.3 Å². The smallest absolute Gasteiger partial charge is 0.412 e. The van der Waals surface area contributed by atoms with Crippen LogP contribution in [0.3, 0.4) is 0 Å². The third kappa shape index (κ3) is 9.21. The zero-order valence-electron chi connectivity index (χ0n) is 25.8. The molecule has 1 N–H and O–H groups in total. The number of hydrogen-bond donors (Lipinski definition) is 1. The molecule has 230 valence electrons. The number of aryl methyl sites for hydroxylation is 1. The van der Waals surface area contributed by atoms with Gasteiger partial charge in [-0.2, -0.15) is 0 Å². The summed E-state index contributed by atoms with van der Waals surface area (Å²) in [4.78, 5) is 27.9. The molecule has 1 aliphatic rings. The molecule has 0 aliphatic heterocycles. The Morgan fingerprint density at radius 1 is 1.00 bits per heavy atom. The van der Waals surface area contributed by atoms with Gasteiger partial charge < -0.3 is 19.1 Å². The maximum atomic E-state index is 16.4. The maximum Gasteiger partial charge on any atom is 0.412 e. The van der Waals surface area contributed by atoms with Gasteiger partial charge >= 0.3 is 12.2 Å². The Kier molecular flexibility index (Phi) is 10.7. The van der Waals surface area contributed by atoms with Crippen molar-refractivity contribution in [2.75, 3.05) is 11.9 Å². The standard InChI is InChI=1S/C35H43FN2O5/c1-24(2)18-19-38(34(40)42-23-26-14-10-7-11-15-26)28-17-16-27-20-30(41-22-25-12-8-6-9-13-25)32(31(36)29(27)21-28)37-33(39)43-35(3,4)5/h6-15,20,24,28H,16-19,21-23H2,1-5H3,(H,37,39)/t28-/m1/s1. The van der Waals surface area contributed by atoms with Crippen molar-refractivity contribution in [1.29, 1.82) is 0 Å². The number of amides is 2. The minimum Gasteiger partial charge on any atom is -0.487 e.